The number of benzene rings is 1. The number of imidazole rings is 1. The minimum absolute atomic E-state index is 0.375. The summed E-state index contributed by atoms with van der Waals surface area (Å²) in [6.07, 6.45) is -3.08. The summed E-state index contributed by atoms with van der Waals surface area (Å²) >= 11 is 0. The quantitative estimate of drug-likeness (QED) is 0.700. The van der Waals surface area contributed by atoms with Crippen LogP contribution in [0.4, 0.5) is 13.2 Å². The van der Waals surface area contributed by atoms with Gasteiger partial charge >= 0.3 is 6.18 Å². The molecule has 154 valence electrons. The molecular formula is C20H21F3N4O2. The first-order chi connectivity index (χ1) is 13.5. The number of nitrogens with one attached hydrogen (secondary N) is 1. The normalized spacial score (nSPS) is 12.2. The Hall–Kier alpha value is -3.10. The number of ether oxygens (including phenoxy) is 1. The number of hydrogen-bond acceptors (Lipinski definition) is 4. The molecule has 1 amide bonds. The number of aromatic nitrogens is 3. The Morgan fingerprint density at radius 1 is 1.17 bits per heavy atom. The van der Waals surface area contributed by atoms with Crippen LogP contribution in [-0.4, -0.2) is 32.7 Å². The molecular weight excluding hydrogens is 385 g/mol. The standard InChI is InChI=1S/C20H21F3N4O2/c1-5-29-17-9-8-16-24-15(11-27(16)26-17)12-6-7-14(20(21,22)23)13(10-12)18(28)25-19(2,3)4/h6-11H,5H2,1-4H3,(H,25,28). The number of nitrogens with zero attached hydrogens (tertiary/aromatic N) is 3. The Morgan fingerprint density at radius 3 is 2.52 bits per heavy atom. The van der Waals surface area contributed by atoms with Gasteiger partial charge in [0.2, 0.25) is 5.88 Å². The van der Waals surface area contributed by atoms with Crippen molar-refractivity contribution in [2.45, 2.75) is 39.4 Å². The molecule has 0 radical (unpaired) electrons. The maximum Gasteiger partial charge on any atom is 0.417 e. The van der Waals surface area contributed by atoms with Gasteiger partial charge in [0.1, 0.15) is 0 Å². The van der Waals surface area contributed by atoms with Crippen molar-refractivity contribution in [1.29, 1.82) is 0 Å². The van der Waals surface area contributed by atoms with Crippen LogP contribution in [0.3, 0.4) is 0 Å². The lowest BCUT2D eigenvalue weighted by molar-refractivity contribution is -0.137. The zero-order chi connectivity index (χ0) is 21.4. The Bertz CT molecular complexity index is 1050. The molecule has 2 aromatic heterocycles. The van der Waals surface area contributed by atoms with Crippen LogP contribution in [0.5, 0.6) is 5.88 Å². The van der Waals surface area contributed by atoms with Crippen molar-refractivity contribution in [2.75, 3.05) is 6.61 Å². The molecule has 0 saturated carbocycles. The third-order valence-electron chi connectivity index (χ3n) is 3.94. The number of alkyl halides is 3. The van der Waals surface area contributed by atoms with Crippen molar-refractivity contribution in [3.05, 3.63) is 47.7 Å². The van der Waals surface area contributed by atoms with Crippen molar-refractivity contribution in [1.82, 2.24) is 19.9 Å². The minimum atomic E-state index is -4.66. The van der Waals surface area contributed by atoms with E-state index in [0.717, 1.165) is 6.07 Å². The van der Waals surface area contributed by atoms with E-state index in [2.05, 4.69) is 15.4 Å². The largest absolute Gasteiger partial charge is 0.477 e. The van der Waals surface area contributed by atoms with E-state index in [1.165, 1.54) is 16.6 Å². The first-order valence-corrected chi connectivity index (χ1v) is 9.01. The molecule has 1 aromatic carbocycles. The van der Waals surface area contributed by atoms with Crippen molar-refractivity contribution in [3.8, 4) is 17.1 Å². The van der Waals surface area contributed by atoms with E-state index >= 15 is 0 Å². The molecule has 0 atom stereocenters. The Labute approximate surface area is 165 Å². The third kappa shape index (κ3) is 4.67. The predicted octanol–water partition coefficient (Wildman–Crippen LogP) is 4.34. The molecule has 0 saturated heterocycles. The van der Waals surface area contributed by atoms with Gasteiger partial charge < -0.3 is 10.1 Å². The third-order valence-corrected chi connectivity index (χ3v) is 3.94. The smallest absolute Gasteiger partial charge is 0.417 e. The van der Waals surface area contributed by atoms with Crippen molar-refractivity contribution >= 4 is 11.6 Å². The summed E-state index contributed by atoms with van der Waals surface area (Å²) in [5.41, 5.74) is -0.860. The minimum Gasteiger partial charge on any atom is -0.477 e. The lowest BCUT2D eigenvalue weighted by Crippen LogP contribution is -2.41. The van der Waals surface area contributed by atoms with E-state index in [-0.39, 0.29) is 0 Å². The van der Waals surface area contributed by atoms with Gasteiger partial charge in [-0.2, -0.15) is 13.2 Å². The Balaban J connectivity index is 2.07. The number of halogens is 3. The number of fused-ring (bicyclic) bond motifs is 1. The highest BCUT2D eigenvalue weighted by atomic mass is 19.4. The summed E-state index contributed by atoms with van der Waals surface area (Å²) in [5.74, 6) is -0.395. The van der Waals surface area contributed by atoms with E-state index in [1.54, 1.807) is 39.1 Å². The summed E-state index contributed by atoms with van der Waals surface area (Å²) in [6, 6.07) is 6.75. The molecule has 3 aromatic rings. The summed E-state index contributed by atoms with van der Waals surface area (Å²) in [7, 11) is 0. The number of amides is 1. The second kappa shape index (κ2) is 7.38. The molecule has 2 heterocycles. The monoisotopic (exact) mass is 406 g/mol. The fraction of sp³-hybridized carbons (Fsp3) is 0.350. The van der Waals surface area contributed by atoms with Crippen LogP contribution < -0.4 is 10.1 Å². The number of hydrogen-bond donors (Lipinski definition) is 1. The molecule has 0 aliphatic carbocycles. The predicted molar refractivity (Wildman–Crippen MR) is 102 cm³/mol. The topological polar surface area (TPSA) is 68.5 Å². The molecule has 6 nitrogen and oxygen atoms in total. The van der Waals surface area contributed by atoms with Crippen LogP contribution >= 0.6 is 0 Å². The van der Waals surface area contributed by atoms with Gasteiger partial charge in [0, 0.05) is 17.2 Å². The van der Waals surface area contributed by atoms with E-state index in [4.69, 9.17) is 4.74 Å². The van der Waals surface area contributed by atoms with Gasteiger partial charge in [-0.3, -0.25) is 4.79 Å². The van der Waals surface area contributed by atoms with Crippen LogP contribution in [-0.2, 0) is 6.18 Å². The molecule has 1 N–H and O–H groups in total. The first-order valence-electron chi connectivity index (χ1n) is 9.01. The maximum absolute atomic E-state index is 13.4. The SMILES string of the molecule is CCOc1ccc2nc(-c3ccc(C(F)(F)F)c(C(=O)NC(C)(C)C)c3)cn2n1. The lowest BCUT2D eigenvalue weighted by Gasteiger charge is -2.22. The van der Waals surface area contributed by atoms with Crippen LogP contribution in [0, 0.1) is 0 Å². The summed E-state index contributed by atoms with van der Waals surface area (Å²) in [5, 5.41) is 6.83. The highest BCUT2D eigenvalue weighted by Gasteiger charge is 2.36. The molecule has 0 aliphatic rings. The molecule has 0 fully saturated rings. The van der Waals surface area contributed by atoms with Crippen LogP contribution in [0.15, 0.2) is 36.5 Å². The Kier molecular flexibility index (Phi) is 5.25. The van der Waals surface area contributed by atoms with Gasteiger partial charge in [0.05, 0.1) is 29.6 Å². The highest BCUT2D eigenvalue weighted by molar-refractivity contribution is 5.97. The van der Waals surface area contributed by atoms with Crippen molar-refractivity contribution < 1.29 is 22.7 Å². The van der Waals surface area contributed by atoms with Crippen molar-refractivity contribution in [3.63, 3.8) is 0 Å². The van der Waals surface area contributed by atoms with Crippen LogP contribution in [0.25, 0.3) is 16.9 Å². The van der Waals surface area contributed by atoms with Crippen molar-refractivity contribution in [2.24, 2.45) is 0 Å². The molecule has 29 heavy (non-hydrogen) atoms. The van der Waals surface area contributed by atoms with Gasteiger partial charge in [-0.15, -0.1) is 5.10 Å². The summed E-state index contributed by atoms with van der Waals surface area (Å²) < 4.78 is 47.1. The first kappa shape index (κ1) is 20.6. The lowest BCUT2D eigenvalue weighted by atomic mass is 10.00. The second-order valence-electron chi connectivity index (χ2n) is 7.50. The van der Waals surface area contributed by atoms with E-state index in [1.807, 2.05) is 6.92 Å². The molecule has 9 heteroatoms. The highest BCUT2D eigenvalue weighted by Crippen LogP contribution is 2.34. The zero-order valence-corrected chi connectivity index (χ0v) is 16.5. The summed E-state index contributed by atoms with van der Waals surface area (Å²) in [6.45, 7) is 7.38. The Morgan fingerprint density at radius 2 is 1.90 bits per heavy atom. The van der Waals surface area contributed by atoms with E-state index < -0.39 is 28.7 Å². The number of carbonyl (C=O) groups excluding carboxylic acids is 1. The zero-order valence-electron chi connectivity index (χ0n) is 16.5. The van der Waals surface area contributed by atoms with Gasteiger partial charge in [0.15, 0.2) is 5.65 Å². The number of carbonyl (C=O) groups is 1. The van der Waals surface area contributed by atoms with E-state index in [9.17, 15) is 18.0 Å². The maximum atomic E-state index is 13.4. The van der Waals surface area contributed by atoms with Gasteiger partial charge in [-0.25, -0.2) is 9.50 Å². The van der Waals surface area contributed by atoms with Crippen LogP contribution in [0.1, 0.15) is 43.6 Å². The average molecular weight is 406 g/mol. The van der Waals surface area contributed by atoms with Crippen LogP contribution in [0.2, 0.25) is 0 Å². The molecule has 0 aliphatic heterocycles. The van der Waals surface area contributed by atoms with Gasteiger partial charge in [0.25, 0.3) is 5.91 Å². The fourth-order valence-corrected chi connectivity index (χ4v) is 2.78. The number of rotatable bonds is 4. The molecule has 0 unspecified atom stereocenters. The molecule has 0 bridgehead atoms. The fourth-order valence-electron chi connectivity index (χ4n) is 2.78. The second-order valence-corrected chi connectivity index (χ2v) is 7.50. The van der Waals surface area contributed by atoms with Gasteiger partial charge in [-0.1, -0.05) is 6.07 Å². The molecule has 0 spiro atoms. The molecule has 3 rings (SSSR count). The average Bonchev–Trinajstić information content (AvgIpc) is 3.02. The van der Waals surface area contributed by atoms with Gasteiger partial charge in [-0.05, 0) is 45.9 Å². The summed E-state index contributed by atoms with van der Waals surface area (Å²) in [4.78, 5) is 16.9. The van der Waals surface area contributed by atoms with E-state index in [0.29, 0.717) is 29.4 Å².